The molecule has 0 N–H and O–H groups in total. The lowest BCUT2D eigenvalue weighted by atomic mass is 10.2. The molecule has 1 aromatic rings. The first-order valence-corrected chi connectivity index (χ1v) is 4.63. The number of likely N-dealkylation sites (tertiary alicyclic amines) is 1. The third-order valence-corrected chi connectivity index (χ3v) is 2.34. The Hall–Kier alpha value is -1.64. The molecule has 0 aliphatic carbocycles. The van der Waals surface area contributed by atoms with Gasteiger partial charge in [-0.1, -0.05) is 18.2 Å². The van der Waals surface area contributed by atoms with Crippen molar-refractivity contribution < 1.29 is 9.59 Å². The third-order valence-electron chi connectivity index (χ3n) is 2.34. The van der Waals surface area contributed by atoms with Crippen LogP contribution in [0.4, 0.5) is 0 Å². The Kier molecular flexibility index (Phi) is 2.31. The molecule has 1 heterocycles. The number of hydrogen-bond acceptors (Lipinski definition) is 2. The van der Waals surface area contributed by atoms with E-state index in [9.17, 15) is 9.59 Å². The van der Waals surface area contributed by atoms with Crippen molar-refractivity contribution in [3.8, 4) is 0 Å². The summed E-state index contributed by atoms with van der Waals surface area (Å²) in [4.78, 5) is 24.4. The van der Waals surface area contributed by atoms with Gasteiger partial charge in [0, 0.05) is 18.5 Å². The maximum absolute atomic E-state index is 11.8. The molecular formula is C11H11NO2. The van der Waals surface area contributed by atoms with Gasteiger partial charge in [-0.2, -0.15) is 0 Å². The normalized spacial score (nSPS) is 16.0. The topological polar surface area (TPSA) is 37.4 Å². The molecule has 0 atom stereocenters. The number of Topliss-reactive ketones (excluding diaryl/α,β-unsaturated/α-hetero) is 1. The van der Waals surface area contributed by atoms with Crippen molar-refractivity contribution in [3.05, 3.63) is 35.9 Å². The van der Waals surface area contributed by atoms with E-state index in [1.54, 1.807) is 17.0 Å². The first-order chi connectivity index (χ1) is 6.77. The van der Waals surface area contributed by atoms with E-state index in [1.165, 1.54) is 0 Å². The number of benzene rings is 1. The van der Waals surface area contributed by atoms with Crippen molar-refractivity contribution in [2.75, 3.05) is 13.1 Å². The summed E-state index contributed by atoms with van der Waals surface area (Å²) in [5, 5.41) is 0. The maximum atomic E-state index is 11.8. The zero-order chi connectivity index (χ0) is 9.97. The lowest BCUT2D eigenvalue weighted by Crippen LogP contribution is -2.28. The van der Waals surface area contributed by atoms with E-state index < -0.39 is 0 Å². The first kappa shape index (κ1) is 8.94. The Morgan fingerprint density at radius 1 is 1.21 bits per heavy atom. The highest BCUT2D eigenvalue weighted by Crippen LogP contribution is 2.10. The molecular weight excluding hydrogens is 178 g/mol. The Bertz CT molecular complexity index is 359. The van der Waals surface area contributed by atoms with E-state index in [0.29, 0.717) is 18.5 Å². The van der Waals surface area contributed by atoms with Crippen molar-refractivity contribution in [1.29, 1.82) is 0 Å². The number of rotatable bonds is 1. The van der Waals surface area contributed by atoms with Crippen molar-refractivity contribution >= 4 is 11.7 Å². The second-order valence-electron chi connectivity index (χ2n) is 3.38. The summed E-state index contributed by atoms with van der Waals surface area (Å²) in [7, 11) is 0. The fourth-order valence-electron chi connectivity index (χ4n) is 1.57. The summed E-state index contributed by atoms with van der Waals surface area (Å²) in [5.74, 6) is 0.103. The summed E-state index contributed by atoms with van der Waals surface area (Å²) in [6.45, 7) is 0.834. The fraction of sp³-hybridized carbons (Fsp3) is 0.273. The zero-order valence-electron chi connectivity index (χ0n) is 7.77. The minimum absolute atomic E-state index is 0.0450. The third kappa shape index (κ3) is 1.66. The SMILES string of the molecule is O=C1CCN(C(=O)c2ccccc2)C1. The van der Waals surface area contributed by atoms with Gasteiger partial charge >= 0.3 is 0 Å². The summed E-state index contributed by atoms with van der Waals surface area (Å²) < 4.78 is 0. The molecule has 0 spiro atoms. The van der Waals surface area contributed by atoms with E-state index in [-0.39, 0.29) is 18.2 Å². The van der Waals surface area contributed by atoms with Gasteiger partial charge in [0.15, 0.2) is 5.78 Å². The Balaban J connectivity index is 2.13. The van der Waals surface area contributed by atoms with E-state index >= 15 is 0 Å². The van der Waals surface area contributed by atoms with Crippen molar-refractivity contribution in [2.45, 2.75) is 6.42 Å². The van der Waals surface area contributed by atoms with Gasteiger partial charge in [0.2, 0.25) is 0 Å². The summed E-state index contributed by atoms with van der Waals surface area (Å²) in [5.41, 5.74) is 0.655. The predicted molar refractivity (Wildman–Crippen MR) is 52.0 cm³/mol. The van der Waals surface area contributed by atoms with Crippen molar-refractivity contribution in [2.24, 2.45) is 0 Å². The number of carbonyl (C=O) groups excluding carboxylic acids is 2. The van der Waals surface area contributed by atoms with Crippen LogP contribution >= 0.6 is 0 Å². The smallest absolute Gasteiger partial charge is 0.254 e. The molecule has 3 heteroatoms. The van der Waals surface area contributed by atoms with Crippen LogP contribution in [0.15, 0.2) is 30.3 Å². The van der Waals surface area contributed by atoms with E-state index in [0.717, 1.165) is 0 Å². The summed E-state index contributed by atoms with van der Waals surface area (Å²) in [6.07, 6.45) is 0.499. The van der Waals surface area contributed by atoms with Crippen LogP contribution in [0, 0.1) is 0 Å². The molecule has 2 rings (SSSR count). The zero-order valence-corrected chi connectivity index (χ0v) is 7.77. The van der Waals surface area contributed by atoms with E-state index in [4.69, 9.17) is 0 Å². The van der Waals surface area contributed by atoms with Gasteiger partial charge in [0.1, 0.15) is 0 Å². The largest absolute Gasteiger partial charge is 0.331 e. The molecule has 3 nitrogen and oxygen atoms in total. The minimum atomic E-state index is -0.0450. The average Bonchev–Trinajstić information content (AvgIpc) is 2.65. The molecule has 0 aromatic heterocycles. The highest BCUT2D eigenvalue weighted by atomic mass is 16.2. The highest BCUT2D eigenvalue weighted by Gasteiger charge is 2.24. The molecule has 14 heavy (non-hydrogen) atoms. The number of amides is 1. The van der Waals surface area contributed by atoms with Crippen LogP contribution in [0.2, 0.25) is 0 Å². The minimum Gasteiger partial charge on any atom is -0.331 e. The Labute approximate surface area is 82.3 Å². The molecule has 1 fully saturated rings. The molecule has 1 amide bonds. The Morgan fingerprint density at radius 3 is 2.50 bits per heavy atom. The number of nitrogens with zero attached hydrogens (tertiary/aromatic N) is 1. The molecule has 0 saturated carbocycles. The van der Waals surface area contributed by atoms with Crippen LogP contribution in [-0.4, -0.2) is 29.7 Å². The van der Waals surface area contributed by atoms with Crippen molar-refractivity contribution in [1.82, 2.24) is 4.90 Å². The van der Waals surface area contributed by atoms with Crippen LogP contribution in [-0.2, 0) is 4.79 Å². The first-order valence-electron chi connectivity index (χ1n) is 4.63. The average molecular weight is 189 g/mol. The molecule has 72 valence electrons. The standard InChI is InChI=1S/C11H11NO2/c13-10-6-7-12(8-10)11(14)9-4-2-1-3-5-9/h1-5H,6-8H2. The van der Waals surface area contributed by atoms with Gasteiger partial charge in [0.05, 0.1) is 6.54 Å². The second-order valence-corrected chi connectivity index (χ2v) is 3.38. The Morgan fingerprint density at radius 2 is 1.93 bits per heavy atom. The number of carbonyl (C=O) groups is 2. The molecule has 1 aromatic carbocycles. The summed E-state index contributed by atoms with van der Waals surface area (Å²) >= 11 is 0. The maximum Gasteiger partial charge on any atom is 0.254 e. The second kappa shape index (κ2) is 3.62. The molecule has 1 aliphatic rings. The van der Waals surface area contributed by atoms with Crippen LogP contribution in [0.3, 0.4) is 0 Å². The van der Waals surface area contributed by atoms with E-state index in [2.05, 4.69) is 0 Å². The van der Waals surface area contributed by atoms with Gasteiger partial charge in [0.25, 0.3) is 5.91 Å². The molecule has 0 unspecified atom stereocenters. The number of ketones is 1. The van der Waals surface area contributed by atoms with Gasteiger partial charge in [-0.25, -0.2) is 0 Å². The molecule has 0 bridgehead atoms. The highest BCUT2D eigenvalue weighted by molar-refractivity contribution is 5.98. The van der Waals surface area contributed by atoms with Crippen LogP contribution in [0.5, 0.6) is 0 Å². The van der Waals surface area contributed by atoms with Crippen LogP contribution in [0.25, 0.3) is 0 Å². The lowest BCUT2D eigenvalue weighted by Gasteiger charge is -2.13. The quantitative estimate of drug-likeness (QED) is 0.663. The van der Waals surface area contributed by atoms with Crippen molar-refractivity contribution in [3.63, 3.8) is 0 Å². The predicted octanol–water partition coefficient (Wildman–Crippen LogP) is 1.10. The fourth-order valence-corrected chi connectivity index (χ4v) is 1.57. The number of hydrogen-bond donors (Lipinski definition) is 0. The van der Waals surface area contributed by atoms with Gasteiger partial charge < -0.3 is 4.90 Å². The molecule has 0 radical (unpaired) electrons. The van der Waals surface area contributed by atoms with Gasteiger partial charge in [-0.05, 0) is 12.1 Å². The molecule has 1 aliphatic heterocycles. The van der Waals surface area contributed by atoms with E-state index in [1.807, 2.05) is 18.2 Å². The lowest BCUT2D eigenvalue weighted by molar-refractivity contribution is -0.116. The van der Waals surface area contributed by atoms with Crippen LogP contribution in [0.1, 0.15) is 16.8 Å². The summed E-state index contributed by atoms with van der Waals surface area (Å²) in [6, 6.07) is 9.05. The van der Waals surface area contributed by atoms with Gasteiger partial charge in [-0.3, -0.25) is 9.59 Å². The molecule has 1 saturated heterocycles. The monoisotopic (exact) mass is 189 g/mol. The van der Waals surface area contributed by atoms with Crippen LogP contribution < -0.4 is 0 Å². The van der Waals surface area contributed by atoms with Gasteiger partial charge in [-0.15, -0.1) is 0 Å².